The lowest BCUT2D eigenvalue weighted by molar-refractivity contribution is 0.102. The molecule has 2 aromatic rings. The van der Waals surface area contributed by atoms with Crippen LogP contribution in [0.4, 0.5) is 15.8 Å². The van der Waals surface area contributed by atoms with Gasteiger partial charge in [0.15, 0.2) is 0 Å². The third-order valence-electron chi connectivity index (χ3n) is 2.59. The van der Waals surface area contributed by atoms with Crippen LogP contribution in [0.15, 0.2) is 36.4 Å². The molecule has 0 aliphatic heterocycles. The van der Waals surface area contributed by atoms with Gasteiger partial charge in [-0.25, -0.2) is 4.39 Å². The van der Waals surface area contributed by atoms with E-state index in [9.17, 15) is 14.3 Å². The van der Waals surface area contributed by atoms with Gasteiger partial charge >= 0.3 is 0 Å². The first-order chi connectivity index (χ1) is 8.95. The van der Waals surface area contributed by atoms with Crippen molar-refractivity contribution in [1.29, 1.82) is 0 Å². The summed E-state index contributed by atoms with van der Waals surface area (Å²) in [5.41, 5.74) is 6.95. The fourth-order valence-electron chi connectivity index (χ4n) is 1.70. The number of phenolic OH excluding ortho intramolecular Hbond substituents is 1. The Balaban J connectivity index is 2.22. The molecule has 0 unspecified atom stereocenters. The van der Waals surface area contributed by atoms with Gasteiger partial charge in [0.1, 0.15) is 11.6 Å². The molecule has 0 aliphatic carbocycles. The molecule has 0 bridgehead atoms. The highest BCUT2D eigenvalue weighted by Crippen LogP contribution is 2.21. The van der Waals surface area contributed by atoms with Gasteiger partial charge in [-0.1, -0.05) is 0 Å². The molecule has 98 valence electrons. The second kappa shape index (κ2) is 4.97. The van der Waals surface area contributed by atoms with Gasteiger partial charge in [0.2, 0.25) is 0 Å². The molecular weight excluding hydrogens is 247 g/mol. The zero-order valence-corrected chi connectivity index (χ0v) is 10.3. The predicted molar refractivity (Wildman–Crippen MR) is 71.6 cm³/mol. The number of nitrogen functional groups attached to an aromatic ring is 1. The van der Waals surface area contributed by atoms with Crippen molar-refractivity contribution in [2.45, 2.75) is 6.92 Å². The number of nitrogens with one attached hydrogen (secondary N) is 1. The second-order valence-electron chi connectivity index (χ2n) is 4.24. The van der Waals surface area contributed by atoms with E-state index in [1.54, 1.807) is 13.0 Å². The zero-order valence-electron chi connectivity index (χ0n) is 10.3. The molecule has 1 amide bonds. The highest BCUT2D eigenvalue weighted by molar-refractivity contribution is 6.04. The van der Waals surface area contributed by atoms with E-state index in [1.807, 2.05) is 0 Å². The number of aromatic hydroxyl groups is 1. The maximum atomic E-state index is 13.2. The van der Waals surface area contributed by atoms with Crippen LogP contribution in [0.2, 0.25) is 0 Å². The van der Waals surface area contributed by atoms with E-state index in [0.29, 0.717) is 11.3 Å². The average molecular weight is 260 g/mol. The monoisotopic (exact) mass is 260 g/mol. The minimum Gasteiger partial charge on any atom is -0.506 e. The van der Waals surface area contributed by atoms with Crippen LogP contribution >= 0.6 is 0 Å². The van der Waals surface area contributed by atoms with Gasteiger partial charge in [0.05, 0.1) is 5.69 Å². The van der Waals surface area contributed by atoms with Gasteiger partial charge in [0, 0.05) is 11.3 Å². The number of carbonyl (C=O) groups is 1. The Hall–Kier alpha value is -2.56. The smallest absolute Gasteiger partial charge is 0.255 e. The van der Waals surface area contributed by atoms with Crippen LogP contribution in [-0.4, -0.2) is 11.0 Å². The molecule has 19 heavy (non-hydrogen) atoms. The van der Waals surface area contributed by atoms with Crippen molar-refractivity contribution in [1.82, 2.24) is 0 Å². The van der Waals surface area contributed by atoms with E-state index in [0.717, 1.165) is 0 Å². The van der Waals surface area contributed by atoms with Gasteiger partial charge in [-0.05, 0) is 48.9 Å². The first-order valence-corrected chi connectivity index (χ1v) is 5.63. The normalized spacial score (nSPS) is 10.2. The number of aryl methyl sites for hydroxylation is 1. The van der Waals surface area contributed by atoms with E-state index >= 15 is 0 Å². The van der Waals surface area contributed by atoms with Gasteiger partial charge in [-0.2, -0.15) is 0 Å². The molecule has 0 heterocycles. The predicted octanol–water partition coefficient (Wildman–Crippen LogP) is 2.67. The minimum absolute atomic E-state index is 0.164. The summed E-state index contributed by atoms with van der Waals surface area (Å²) in [6.07, 6.45) is 0. The van der Waals surface area contributed by atoms with Crippen molar-refractivity contribution in [2.24, 2.45) is 0 Å². The molecule has 0 radical (unpaired) electrons. The van der Waals surface area contributed by atoms with E-state index in [-0.39, 0.29) is 17.0 Å². The van der Waals surface area contributed by atoms with E-state index < -0.39 is 11.7 Å². The summed E-state index contributed by atoms with van der Waals surface area (Å²) < 4.78 is 13.2. The molecule has 0 saturated heterocycles. The second-order valence-corrected chi connectivity index (χ2v) is 4.24. The number of hydrogen-bond donors (Lipinski definition) is 3. The molecule has 0 fully saturated rings. The third kappa shape index (κ3) is 3.01. The third-order valence-corrected chi connectivity index (χ3v) is 2.59. The molecule has 4 N–H and O–H groups in total. The number of phenols is 1. The van der Waals surface area contributed by atoms with Crippen molar-refractivity contribution >= 4 is 17.3 Å². The van der Waals surface area contributed by atoms with Crippen molar-refractivity contribution in [3.8, 4) is 5.75 Å². The number of hydrogen-bond acceptors (Lipinski definition) is 3. The van der Waals surface area contributed by atoms with Crippen LogP contribution in [0.5, 0.6) is 5.75 Å². The molecule has 0 saturated carbocycles. The number of amides is 1. The van der Waals surface area contributed by atoms with E-state index in [2.05, 4.69) is 5.32 Å². The summed E-state index contributed by atoms with van der Waals surface area (Å²) in [4.78, 5) is 11.9. The summed E-state index contributed by atoms with van der Waals surface area (Å²) in [5.74, 6) is -1.03. The topological polar surface area (TPSA) is 75.4 Å². The quantitative estimate of drug-likeness (QED) is 0.574. The fraction of sp³-hybridized carbons (Fsp3) is 0.0714. The first kappa shape index (κ1) is 12.9. The molecule has 0 aromatic heterocycles. The maximum Gasteiger partial charge on any atom is 0.255 e. The highest BCUT2D eigenvalue weighted by atomic mass is 19.1. The molecular formula is C14H13FN2O2. The van der Waals surface area contributed by atoms with Crippen LogP contribution in [-0.2, 0) is 0 Å². The number of halogens is 1. The number of anilines is 2. The first-order valence-electron chi connectivity index (χ1n) is 5.63. The Morgan fingerprint density at radius 1 is 1.26 bits per heavy atom. The average Bonchev–Trinajstić information content (AvgIpc) is 2.31. The number of benzene rings is 2. The van der Waals surface area contributed by atoms with Gasteiger partial charge in [-0.3, -0.25) is 4.79 Å². The van der Waals surface area contributed by atoms with Crippen LogP contribution in [0, 0.1) is 12.7 Å². The highest BCUT2D eigenvalue weighted by Gasteiger charge is 2.09. The molecule has 0 atom stereocenters. The number of rotatable bonds is 2. The van der Waals surface area contributed by atoms with Crippen LogP contribution in [0.1, 0.15) is 15.9 Å². The maximum absolute atomic E-state index is 13.2. The Labute approximate surface area is 109 Å². The minimum atomic E-state index is -0.444. The van der Waals surface area contributed by atoms with Gasteiger partial charge < -0.3 is 16.2 Å². The van der Waals surface area contributed by atoms with Crippen molar-refractivity contribution in [2.75, 3.05) is 11.1 Å². The van der Waals surface area contributed by atoms with Crippen LogP contribution in [0.3, 0.4) is 0 Å². The Kier molecular flexibility index (Phi) is 3.37. The molecule has 5 heteroatoms. The Morgan fingerprint density at radius 2 is 2.00 bits per heavy atom. The number of nitrogens with two attached hydrogens (primary N) is 1. The lowest BCUT2D eigenvalue weighted by Gasteiger charge is -2.07. The standard InChI is InChI=1S/C14H13FN2O2/c1-8-4-10(15)7-11(5-8)17-14(19)9-2-3-12(16)13(18)6-9/h2-7,18H,16H2,1H3,(H,17,19). The molecule has 2 rings (SSSR count). The molecule has 4 nitrogen and oxygen atoms in total. The van der Waals surface area contributed by atoms with Crippen LogP contribution < -0.4 is 11.1 Å². The molecule has 0 spiro atoms. The zero-order chi connectivity index (χ0) is 14.0. The summed E-state index contributed by atoms with van der Waals surface area (Å²) in [6, 6.07) is 8.42. The van der Waals surface area contributed by atoms with Crippen molar-refractivity contribution in [3.05, 3.63) is 53.3 Å². The SMILES string of the molecule is Cc1cc(F)cc(NC(=O)c2ccc(N)c(O)c2)c1. The largest absolute Gasteiger partial charge is 0.506 e. The van der Waals surface area contributed by atoms with Crippen LogP contribution in [0.25, 0.3) is 0 Å². The lowest BCUT2D eigenvalue weighted by Crippen LogP contribution is -2.12. The van der Waals surface area contributed by atoms with E-state index in [4.69, 9.17) is 5.73 Å². The Bertz CT molecular complexity index is 621. The van der Waals surface area contributed by atoms with Gasteiger partial charge in [-0.15, -0.1) is 0 Å². The summed E-state index contributed by atoms with van der Waals surface area (Å²) in [5, 5.41) is 12.0. The molecule has 2 aromatic carbocycles. The summed E-state index contributed by atoms with van der Waals surface area (Å²) in [7, 11) is 0. The summed E-state index contributed by atoms with van der Waals surface area (Å²) in [6.45, 7) is 1.73. The Morgan fingerprint density at radius 3 is 2.63 bits per heavy atom. The van der Waals surface area contributed by atoms with Crippen molar-refractivity contribution < 1.29 is 14.3 Å². The van der Waals surface area contributed by atoms with Crippen molar-refractivity contribution in [3.63, 3.8) is 0 Å². The van der Waals surface area contributed by atoms with E-state index in [1.165, 1.54) is 30.3 Å². The van der Waals surface area contributed by atoms with Gasteiger partial charge in [0.25, 0.3) is 5.91 Å². The fourth-order valence-corrected chi connectivity index (χ4v) is 1.70. The number of carbonyl (C=O) groups excluding carboxylic acids is 1. The lowest BCUT2D eigenvalue weighted by atomic mass is 10.1. The summed E-state index contributed by atoms with van der Waals surface area (Å²) >= 11 is 0. The molecule has 0 aliphatic rings.